The van der Waals surface area contributed by atoms with Crippen molar-refractivity contribution in [1.29, 1.82) is 0 Å². The predicted molar refractivity (Wildman–Crippen MR) is 74.4 cm³/mol. The van der Waals surface area contributed by atoms with Crippen LogP contribution in [0.4, 0.5) is 0 Å². The number of hydrogen-bond donors (Lipinski definition) is 0. The first-order valence-corrected chi connectivity index (χ1v) is 6.67. The summed E-state index contributed by atoms with van der Waals surface area (Å²) in [7, 11) is 0. The molecule has 0 aliphatic rings. The molecular formula is C13H9ClN2OS. The molecule has 90 valence electrons. The Bertz CT molecular complexity index is 763. The van der Waals surface area contributed by atoms with Crippen LogP contribution in [0.25, 0.3) is 10.1 Å². The molecule has 0 aliphatic carbocycles. The fourth-order valence-electron chi connectivity index (χ4n) is 1.82. The lowest BCUT2D eigenvalue weighted by Gasteiger charge is -2.04. The Morgan fingerprint density at radius 2 is 2.22 bits per heavy atom. The Balaban J connectivity index is 2.05. The molecule has 1 aromatic carbocycles. The number of aromatic nitrogens is 2. The van der Waals surface area contributed by atoms with Crippen molar-refractivity contribution >= 4 is 33.0 Å². The monoisotopic (exact) mass is 276 g/mol. The molecule has 2 aromatic heterocycles. The summed E-state index contributed by atoms with van der Waals surface area (Å²) in [5.74, 6) is 0. The Hall–Kier alpha value is -1.65. The number of halogens is 1. The largest absolute Gasteiger partial charge is 0.285 e. The predicted octanol–water partition coefficient (Wildman–Crippen LogP) is 3.16. The average Bonchev–Trinajstić information content (AvgIpc) is 2.82. The maximum absolute atomic E-state index is 12.2. The molecule has 5 heteroatoms. The van der Waals surface area contributed by atoms with Crippen molar-refractivity contribution in [3.63, 3.8) is 0 Å². The van der Waals surface area contributed by atoms with Crippen molar-refractivity contribution < 1.29 is 0 Å². The van der Waals surface area contributed by atoms with Gasteiger partial charge in [-0.25, -0.2) is 4.68 Å². The number of nitrogens with zero attached hydrogens (tertiary/aromatic N) is 2. The van der Waals surface area contributed by atoms with E-state index < -0.39 is 0 Å². The van der Waals surface area contributed by atoms with Gasteiger partial charge in [0.25, 0.3) is 5.56 Å². The molecule has 0 aliphatic heterocycles. The number of thiophene rings is 1. The number of benzene rings is 1. The van der Waals surface area contributed by atoms with E-state index in [1.807, 2.05) is 35.7 Å². The van der Waals surface area contributed by atoms with Gasteiger partial charge in [0.2, 0.25) is 0 Å². The summed E-state index contributed by atoms with van der Waals surface area (Å²) in [6.45, 7) is 0.438. The number of hydrogen-bond acceptors (Lipinski definition) is 3. The zero-order valence-corrected chi connectivity index (χ0v) is 10.9. The molecule has 0 amide bonds. The molecule has 3 aromatic rings. The Morgan fingerprint density at radius 1 is 1.33 bits per heavy atom. The fraction of sp³-hybridized carbons (Fsp3) is 0.0769. The molecule has 0 atom stereocenters. The highest BCUT2D eigenvalue weighted by molar-refractivity contribution is 7.17. The first-order valence-electron chi connectivity index (χ1n) is 5.42. The second-order valence-electron chi connectivity index (χ2n) is 3.94. The van der Waals surface area contributed by atoms with Gasteiger partial charge in [-0.05, 0) is 29.1 Å². The van der Waals surface area contributed by atoms with Gasteiger partial charge in [-0.15, -0.1) is 11.3 Å². The molecule has 2 heterocycles. The van der Waals surface area contributed by atoms with E-state index in [1.54, 1.807) is 6.20 Å². The van der Waals surface area contributed by atoms with E-state index in [0.29, 0.717) is 11.6 Å². The minimum Gasteiger partial charge on any atom is -0.266 e. The summed E-state index contributed by atoms with van der Waals surface area (Å²) in [5.41, 5.74) is 0.912. The van der Waals surface area contributed by atoms with E-state index >= 15 is 0 Å². The molecule has 0 N–H and O–H groups in total. The van der Waals surface area contributed by atoms with Crippen molar-refractivity contribution in [2.45, 2.75) is 6.54 Å². The van der Waals surface area contributed by atoms with Gasteiger partial charge in [0.1, 0.15) is 4.70 Å². The van der Waals surface area contributed by atoms with Crippen LogP contribution in [0.3, 0.4) is 0 Å². The fourth-order valence-corrected chi connectivity index (χ4v) is 2.84. The summed E-state index contributed by atoms with van der Waals surface area (Å²) >= 11 is 7.37. The maximum atomic E-state index is 12.2. The summed E-state index contributed by atoms with van der Waals surface area (Å²) in [4.78, 5) is 12.2. The Morgan fingerprint density at radius 3 is 3.06 bits per heavy atom. The smallest absolute Gasteiger partial charge is 0.266 e. The van der Waals surface area contributed by atoms with Crippen molar-refractivity contribution in [3.05, 3.63) is 62.8 Å². The average molecular weight is 277 g/mol. The van der Waals surface area contributed by atoms with Gasteiger partial charge in [0.05, 0.1) is 12.7 Å². The third-order valence-electron chi connectivity index (χ3n) is 2.68. The van der Waals surface area contributed by atoms with Crippen LogP contribution in [0.1, 0.15) is 5.56 Å². The van der Waals surface area contributed by atoms with Crippen LogP contribution in [-0.2, 0) is 6.54 Å². The van der Waals surface area contributed by atoms with Crippen LogP contribution in [0.2, 0.25) is 5.02 Å². The molecule has 3 nitrogen and oxygen atoms in total. The van der Waals surface area contributed by atoms with Gasteiger partial charge < -0.3 is 0 Å². The van der Waals surface area contributed by atoms with Crippen molar-refractivity contribution in [2.75, 3.05) is 0 Å². The zero-order chi connectivity index (χ0) is 12.5. The lowest BCUT2D eigenvalue weighted by atomic mass is 10.2. The molecule has 0 unspecified atom stereocenters. The van der Waals surface area contributed by atoms with Crippen molar-refractivity contribution in [3.8, 4) is 0 Å². The maximum Gasteiger partial charge on any atom is 0.285 e. The van der Waals surface area contributed by atoms with Crippen LogP contribution in [0.5, 0.6) is 0 Å². The van der Waals surface area contributed by atoms with Gasteiger partial charge in [-0.3, -0.25) is 4.79 Å². The standard InChI is InChI=1S/C13H9ClN2OS/c14-11-3-1-2-9(6-11)8-16-13(17)12-10(7-15-16)4-5-18-12/h1-7H,8H2. The minimum absolute atomic E-state index is 0.0533. The molecule has 18 heavy (non-hydrogen) atoms. The highest BCUT2D eigenvalue weighted by atomic mass is 35.5. The van der Waals surface area contributed by atoms with Crippen molar-refractivity contribution in [1.82, 2.24) is 9.78 Å². The summed E-state index contributed by atoms with van der Waals surface area (Å²) < 4.78 is 2.21. The van der Waals surface area contributed by atoms with Crippen LogP contribution in [0.15, 0.2) is 46.7 Å². The molecule has 3 rings (SSSR count). The first-order chi connectivity index (χ1) is 8.74. The van der Waals surface area contributed by atoms with Crippen LogP contribution < -0.4 is 5.56 Å². The number of fused-ring (bicyclic) bond motifs is 1. The Kier molecular flexibility index (Phi) is 2.89. The van der Waals surface area contributed by atoms with Crippen molar-refractivity contribution in [2.24, 2.45) is 0 Å². The second kappa shape index (κ2) is 4.55. The lowest BCUT2D eigenvalue weighted by molar-refractivity contribution is 0.648. The number of rotatable bonds is 2. The van der Waals surface area contributed by atoms with Crippen LogP contribution >= 0.6 is 22.9 Å². The minimum atomic E-state index is -0.0533. The molecule has 0 saturated heterocycles. The van der Waals surface area contributed by atoms with E-state index in [-0.39, 0.29) is 5.56 Å². The quantitative estimate of drug-likeness (QED) is 0.721. The van der Waals surface area contributed by atoms with Crippen LogP contribution in [0, 0.1) is 0 Å². The van der Waals surface area contributed by atoms with Gasteiger partial charge in [0, 0.05) is 10.4 Å². The van der Waals surface area contributed by atoms with Gasteiger partial charge in [-0.2, -0.15) is 5.10 Å². The zero-order valence-electron chi connectivity index (χ0n) is 9.34. The van der Waals surface area contributed by atoms with E-state index in [2.05, 4.69) is 5.10 Å². The highest BCUT2D eigenvalue weighted by Crippen LogP contribution is 2.15. The van der Waals surface area contributed by atoms with Gasteiger partial charge >= 0.3 is 0 Å². The lowest BCUT2D eigenvalue weighted by Crippen LogP contribution is -2.22. The van der Waals surface area contributed by atoms with E-state index in [1.165, 1.54) is 16.0 Å². The molecule has 0 fully saturated rings. The molecule has 0 radical (unpaired) electrons. The van der Waals surface area contributed by atoms with Gasteiger partial charge in [0.15, 0.2) is 0 Å². The van der Waals surface area contributed by atoms with E-state index in [9.17, 15) is 4.79 Å². The summed E-state index contributed by atoms with van der Waals surface area (Å²) in [6.07, 6.45) is 1.72. The molecule has 0 saturated carbocycles. The SMILES string of the molecule is O=c1c2sccc2cnn1Cc1cccc(Cl)c1. The second-order valence-corrected chi connectivity index (χ2v) is 5.29. The first kappa shape index (κ1) is 11.4. The summed E-state index contributed by atoms with van der Waals surface area (Å²) in [6, 6.07) is 9.35. The van der Waals surface area contributed by atoms with E-state index in [0.717, 1.165) is 15.6 Å². The van der Waals surface area contributed by atoms with Crippen LogP contribution in [-0.4, -0.2) is 9.78 Å². The molecule has 0 spiro atoms. The topological polar surface area (TPSA) is 34.9 Å². The normalized spacial score (nSPS) is 10.9. The Labute approximate surface area is 112 Å². The van der Waals surface area contributed by atoms with Gasteiger partial charge in [-0.1, -0.05) is 23.7 Å². The summed E-state index contributed by atoms with van der Waals surface area (Å²) in [5, 5.41) is 7.63. The molecule has 0 bridgehead atoms. The molecular weight excluding hydrogens is 268 g/mol. The third-order valence-corrected chi connectivity index (χ3v) is 3.84. The van der Waals surface area contributed by atoms with E-state index in [4.69, 9.17) is 11.6 Å². The highest BCUT2D eigenvalue weighted by Gasteiger charge is 2.05. The third kappa shape index (κ3) is 2.05.